The lowest BCUT2D eigenvalue weighted by atomic mass is 10.1. The Morgan fingerprint density at radius 1 is 1.00 bits per heavy atom. The molecular weight excluding hydrogens is 385 g/mol. The number of hydrogen-bond donors (Lipinski definition) is 1. The molecule has 5 nitrogen and oxygen atoms in total. The molecule has 3 rings (SSSR count). The number of carbonyl (C=O) groups excluding carboxylic acids is 2. The molecule has 0 aliphatic heterocycles. The number of rotatable bonds is 3. The van der Waals surface area contributed by atoms with Gasteiger partial charge in [-0.1, -0.05) is 23.2 Å². The Kier molecular flexibility index (Phi) is 5.35. The largest absolute Gasteiger partial charge is 0.345 e. The van der Waals surface area contributed by atoms with Crippen LogP contribution < -0.4 is 5.32 Å². The first-order chi connectivity index (χ1) is 12.8. The summed E-state index contributed by atoms with van der Waals surface area (Å²) < 4.78 is 0. The SMILES string of the molecule is Cc1nc2ccc(Cl)cc2cc1C(=O)Nc1ccc(Cl)c(C(=O)N(C)C)c1. The lowest BCUT2D eigenvalue weighted by molar-refractivity contribution is 0.0827. The molecule has 0 atom stereocenters. The number of halogens is 2. The maximum absolute atomic E-state index is 12.8. The van der Waals surface area contributed by atoms with Gasteiger partial charge in [-0.3, -0.25) is 14.6 Å². The molecule has 2 amide bonds. The minimum Gasteiger partial charge on any atom is -0.345 e. The number of nitrogens with one attached hydrogen (secondary N) is 1. The van der Waals surface area contributed by atoms with E-state index in [1.807, 2.05) is 6.07 Å². The zero-order valence-corrected chi connectivity index (χ0v) is 16.5. The highest BCUT2D eigenvalue weighted by atomic mass is 35.5. The zero-order valence-electron chi connectivity index (χ0n) is 15.0. The number of carbonyl (C=O) groups is 2. The number of amides is 2. The fourth-order valence-electron chi connectivity index (χ4n) is 2.68. The van der Waals surface area contributed by atoms with Crippen LogP contribution in [0.2, 0.25) is 10.0 Å². The molecule has 0 fully saturated rings. The van der Waals surface area contributed by atoms with Crippen LogP contribution in [-0.4, -0.2) is 35.8 Å². The van der Waals surface area contributed by atoms with Crippen molar-refractivity contribution < 1.29 is 9.59 Å². The van der Waals surface area contributed by atoms with Gasteiger partial charge >= 0.3 is 0 Å². The van der Waals surface area contributed by atoms with Crippen LogP contribution in [0.5, 0.6) is 0 Å². The summed E-state index contributed by atoms with van der Waals surface area (Å²) >= 11 is 12.1. The minimum absolute atomic E-state index is 0.241. The zero-order chi connectivity index (χ0) is 19.7. The molecule has 138 valence electrons. The standard InChI is InChI=1S/C20H17Cl2N3O2/c1-11-15(9-12-8-13(21)4-7-18(12)23-11)19(26)24-14-5-6-17(22)16(10-14)20(27)25(2)3/h4-10H,1-3H3,(H,24,26). The Balaban J connectivity index is 1.94. The van der Waals surface area contributed by atoms with Crippen LogP contribution >= 0.6 is 23.2 Å². The van der Waals surface area contributed by atoms with Crippen molar-refractivity contribution in [2.75, 3.05) is 19.4 Å². The van der Waals surface area contributed by atoms with E-state index < -0.39 is 0 Å². The quantitative estimate of drug-likeness (QED) is 0.684. The molecule has 0 saturated heterocycles. The van der Waals surface area contributed by atoms with E-state index in [1.54, 1.807) is 57.4 Å². The van der Waals surface area contributed by atoms with Gasteiger partial charge in [0.2, 0.25) is 0 Å². The molecule has 1 heterocycles. The molecule has 7 heteroatoms. The smallest absolute Gasteiger partial charge is 0.257 e. The average molecular weight is 402 g/mol. The summed E-state index contributed by atoms with van der Waals surface area (Å²) in [7, 11) is 3.28. The van der Waals surface area contributed by atoms with Crippen molar-refractivity contribution >= 4 is 51.6 Å². The maximum atomic E-state index is 12.8. The molecule has 0 aliphatic rings. The van der Waals surface area contributed by atoms with E-state index in [-0.39, 0.29) is 11.8 Å². The van der Waals surface area contributed by atoms with E-state index in [4.69, 9.17) is 23.2 Å². The van der Waals surface area contributed by atoms with Crippen LogP contribution in [0.15, 0.2) is 42.5 Å². The highest BCUT2D eigenvalue weighted by Crippen LogP contribution is 2.24. The van der Waals surface area contributed by atoms with E-state index in [1.165, 1.54) is 4.90 Å². The Morgan fingerprint density at radius 2 is 1.74 bits per heavy atom. The van der Waals surface area contributed by atoms with Crippen molar-refractivity contribution in [2.45, 2.75) is 6.92 Å². The van der Waals surface area contributed by atoms with Crippen molar-refractivity contribution in [3.63, 3.8) is 0 Å². The van der Waals surface area contributed by atoms with Gasteiger partial charge in [-0.15, -0.1) is 0 Å². The van der Waals surface area contributed by atoms with Crippen molar-refractivity contribution in [1.82, 2.24) is 9.88 Å². The van der Waals surface area contributed by atoms with Gasteiger partial charge in [0.25, 0.3) is 11.8 Å². The van der Waals surface area contributed by atoms with Gasteiger partial charge in [-0.25, -0.2) is 0 Å². The third-order valence-corrected chi connectivity index (χ3v) is 4.64. The number of nitrogens with zero attached hydrogens (tertiary/aromatic N) is 2. The first kappa shape index (κ1) is 19.1. The van der Waals surface area contributed by atoms with Gasteiger partial charge < -0.3 is 10.2 Å². The first-order valence-corrected chi connectivity index (χ1v) is 8.91. The predicted octanol–water partition coefficient (Wildman–Crippen LogP) is 4.80. The molecule has 0 unspecified atom stereocenters. The normalized spacial score (nSPS) is 10.7. The summed E-state index contributed by atoms with van der Waals surface area (Å²) in [5, 5.41) is 4.47. The van der Waals surface area contributed by atoms with Crippen molar-refractivity contribution in [3.8, 4) is 0 Å². The topological polar surface area (TPSA) is 62.3 Å². The van der Waals surface area contributed by atoms with E-state index in [0.717, 1.165) is 10.9 Å². The molecule has 3 aromatic rings. The third kappa shape index (κ3) is 4.04. The van der Waals surface area contributed by atoms with Crippen LogP contribution in [0.25, 0.3) is 10.9 Å². The molecule has 1 aromatic heterocycles. The summed E-state index contributed by atoms with van der Waals surface area (Å²) in [6, 6.07) is 11.9. The number of benzene rings is 2. The number of fused-ring (bicyclic) bond motifs is 1. The minimum atomic E-state index is -0.326. The lowest BCUT2D eigenvalue weighted by Gasteiger charge is -2.14. The summed E-state index contributed by atoms with van der Waals surface area (Å²) in [4.78, 5) is 30.8. The summed E-state index contributed by atoms with van der Waals surface area (Å²) in [6.45, 7) is 1.77. The maximum Gasteiger partial charge on any atom is 0.257 e. The number of aromatic nitrogens is 1. The van der Waals surface area contributed by atoms with Crippen molar-refractivity contribution in [3.05, 3.63) is 69.3 Å². The van der Waals surface area contributed by atoms with Gasteiger partial charge in [-0.05, 0) is 49.4 Å². The monoisotopic (exact) mass is 401 g/mol. The first-order valence-electron chi connectivity index (χ1n) is 8.15. The van der Waals surface area contributed by atoms with Crippen LogP contribution in [0.1, 0.15) is 26.4 Å². The van der Waals surface area contributed by atoms with Crippen molar-refractivity contribution in [1.29, 1.82) is 0 Å². The Bertz CT molecular complexity index is 1060. The molecule has 27 heavy (non-hydrogen) atoms. The van der Waals surface area contributed by atoms with E-state index in [2.05, 4.69) is 10.3 Å². The van der Waals surface area contributed by atoms with Gasteiger partial charge in [0.15, 0.2) is 0 Å². The molecule has 0 saturated carbocycles. The molecule has 0 spiro atoms. The molecule has 1 N–H and O–H groups in total. The van der Waals surface area contributed by atoms with Gasteiger partial charge in [0.05, 0.1) is 27.4 Å². The summed E-state index contributed by atoms with van der Waals surface area (Å²) in [6.07, 6.45) is 0. The number of pyridine rings is 1. The summed E-state index contributed by atoms with van der Waals surface area (Å²) in [5.41, 5.74) is 2.58. The fourth-order valence-corrected chi connectivity index (χ4v) is 3.06. The van der Waals surface area contributed by atoms with Crippen LogP contribution in [0.3, 0.4) is 0 Å². The highest BCUT2D eigenvalue weighted by Gasteiger charge is 2.16. The highest BCUT2D eigenvalue weighted by molar-refractivity contribution is 6.34. The second-order valence-corrected chi connectivity index (χ2v) is 7.15. The van der Waals surface area contributed by atoms with E-state index in [9.17, 15) is 9.59 Å². The van der Waals surface area contributed by atoms with Crippen LogP contribution in [0, 0.1) is 6.92 Å². The van der Waals surface area contributed by atoms with Crippen LogP contribution in [-0.2, 0) is 0 Å². The predicted molar refractivity (Wildman–Crippen MR) is 109 cm³/mol. The second kappa shape index (κ2) is 7.55. The van der Waals surface area contributed by atoms with Gasteiger partial charge in [0.1, 0.15) is 0 Å². The molecule has 0 radical (unpaired) electrons. The Morgan fingerprint density at radius 3 is 2.44 bits per heavy atom. The number of aryl methyl sites for hydroxylation is 1. The van der Waals surface area contributed by atoms with Crippen molar-refractivity contribution in [2.24, 2.45) is 0 Å². The van der Waals surface area contributed by atoms with E-state index in [0.29, 0.717) is 32.6 Å². The number of anilines is 1. The third-order valence-electron chi connectivity index (χ3n) is 4.07. The number of hydrogen-bond acceptors (Lipinski definition) is 3. The molecule has 2 aromatic carbocycles. The van der Waals surface area contributed by atoms with Crippen LogP contribution in [0.4, 0.5) is 5.69 Å². The average Bonchev–Trinajstić information content (AvgIpc) is 2.62. The fraction of sp³-hybridized carbons (Fsp3) is 0.150. The lowest BCUT2D eigenvalue weighted by Crippen LogP contribution is -2.22. The van der Waals surface area contributed by atoms with Gasteiger partial charge in [-0.2, -0.15) is 0 Å². The summed E-state index contributed by atoms with van der Waals surface area (Å²) in [5.74, 6) is -0.568. The molecule has 0 aliphatic carbocycles. The molecule has 0 bridgehead atoms. The Labute approximate surface area is 166 Å². The van der Waals surface area contributed by atoms with E-state index >= 15 is 0 Å². The second-order valence-electron chi connectivity index (χ2n) is 6.31. The Hall–Kier alpha value is -2.63. The molecular formula is C20H17Cl2N3O2. The van der Waals surface area contributed by atoms with Gasteiger partial charge in [0, 0.05) is 30.2 Å².